The van der Waals surface area contributed by atoms with Crippen molar-refractivity contribution < 1.29 is 14.7 Å². The van der Waals surface area contributed by atoms with Crippen LogP contribution in [-0.4, -0.2) is 54.0 Å². The lowest BCUT2D eigenvalue weighted by atomic mass is 10.1. The van der Waals surface area contributed by atoms with Gasteiger partial charge >= 0.3 is 0 Å². The van der Waals surface area contributed by atoms with Crippen molar-refractivity contribution in [1.29, 1.82) is 0 Å². The van der Waals surface area contributed by atoms with Gasteiger partial charge in [0.25, 0.3) is 5.91 Å². The highest BCUT2D eigenvalue weighted by molar-refractivity contribution is 5.97. The van der Waals surface area contributed by atoms with Gasteiger partial charge in [0.15, 0.2) is 5.78 Å². The number of amides is 1. The summed E-state index contributed by atoms with van der Waals surface area (Å²) in [4.78, 5) is 25.5. The van der Waals surface area contributed by atoms with Crippen LogP contribution in [0, 0.1) is 0 Å². The van der Waals surface area contributed by atoms with Crippen LogP contribution < -0.4 is 5.32 Å². The molecule has 1 atom stereocenters. The third-order valence-electron chi connectivity index (χ3n) is 4.42. The van der Waals surface area contributed by atoms with E-state index in [1.807, 2.05) is 0 Å². The van der Waals surface area contributed by atoms with Crippen molar-refractivity contribution in [2.45, 2.75) is 38.6 Å². The Labute approximate surface area is 137 Å². The van der Waals surface area contributed by atoms with Gasteiger partial charge in [-0.1, -0.05) is 12.1 Å². The molecule has 1 fully saturated rings. The minimum atomic E-state index is -0.102. The highest BCUT2D eigenvalue weighted by atomic mass is 16.3. The molecule has 23 heavy (non-hydrogen) atoms. The van der Waals surface area contributed by atoms with Gasteiger partial charge in [0.1, 0.15) is 0 Å². The molecule has 0 aromatic heterocycles. The number of aliphatic hydroxyl groups is 1. The van der Waals surface area contributed by atoms with Gasteiger partial charge in [0.2, 0.25) is 0 Å². The molecule has 126 valence electrons. The Hall–Kier alpha value is -1.72. The standard InChI is InChI=1S/C18H26N2O3/c1-14(22)15-6-8-16(9-7-15)18(23)19-10-2-3-11-20-12-4-5-17(20)13-21/h6-9,17,21H,2-5,10-13H2,1H3,(H,19,23). The van der Waals surface area contributed by atoms with Crippen LogP contribution in [0.1, 0.15) is 53.3 Å². The fraction of sp³-hybridized carbons (Fsp3) is 0.556. The second-order valence-electron chi connectivity index (χ2n) is 6.11. The van der Waals surface area contributed by atoms with Crippen LogP contribution in [0.2, 0.25) is 0 Å². The number of aliphatic hydroxyl groups excluding tert-OH is 1. The normalized spacial score (nSPS) is 18.1. The first-order valence-electron chi connectivity index (χ1n) is 8.36. The molecular weight excluding hydrogens is 292 g/mol. The molecule has 0 aliphatic carbocycles. The number of nitrogens with zero attached hydrogens (tertiary/aromatic N) is 1. The second-order valence-corrected chi connectivity index (χ2v) is 6.11. The Morgan fingerprint density at radius 3 is 2.57 bits per heavy atom. The molecule has 1 aliphatic heterocycles. The molecule has 0 spiro atoms. The quantitative estimate of drug-likeness (QED) is 0.567. The topological polar surface area (TPSA) is 69.6 Å². The summed E-state index contributed by atoms with van der Waals surface area (Å²) >= 11 is 0. The van der Waals surface area contributed by atoms with E-state index >= 15 is 0 Å². The minimum Gasteiger partial charge on any atom is -0.395 e. The smallest absolute Gasteiger partial charge is 0.251 e. The molecule has 0 saturated carbocycles. The van der Waals surface area contributed by atoms with Gasteiger partial charge in [-0.15, -0.1) is 0 Å². The van der Waals surface area contributed by atoms with E-state index in [1.165, 1.54) is 6.92 Å². The van der Waals surface area contributed by atoms with E-state index in [0.29, 0.717) is 23.7 Å². The molecule has 0 bridgehead atoms. The van der Waals surface area contributed by atoms with E-state index in [2.05, 4.69) is 10.2 Å². The molecule has 1 aromatic rings. The number of likely N-dealkylation sites (tertiary alicyclic amines) is 1. The van der Waals surface area contributed by atoms with Crippen LogP contribution in [0.3, 0.4) is 0 Å². The average Bonchev–Trinajstić information content (AvgIpc) is 3.02. The van der Waals surface area contributed by atoms with Crippen LogP contribution >= 0.6 is 0 Å². The molecule has 1 aromatic carbocycles. The number of hydrogen-bond acceptors (Lipinski definition) is 4. The summed E-state index contributed by atoms with van der Waals surface area (Å²) in [5.74, 6) is -0.102. The molecule has 1 aliphatic rings. The maximum atomic E-state index is 12.0. The number of carbonyl (C=O) groups excluding carboxylic acids is 2. The van der Waals surface area contributed by atoms with Gasteiger partial charge in [0, 0.05) is 23.7 Å². The van der Waals surface area contributed by atoms with Crippen molar-refractivity contribution in [3.8, 4) is 0 Å². The predicted octanol–water partition coefficient (Wildman–Crippen LogP) is 1.86. The lowest BCUT2D eigenvalue weighted by molar-refractivity contribution is 0.0950. The summed E-state index contributed by atoms with van der Waals surface area (Å²) in [5, 5.41) is 12.2. The van der Waals surface area contributed by atoms with E-state index in [0.717, 1.165) is 38.8 Å². The Morgan fingerprint density at radius 1 is 1.22 bits per heavy atom. The van der Waals surface area contributed by atoms with Crippen molar-refractivity contribution in [3.63, 3.8) is 0 Å². The zero-order valence-corrected chi connectivity index (χ0v) is 13.8. The SMILES string of the molecule is CC(=O)c1ccc(C(=O)NCCCCN2CCCC2CO)cc1. The maximum Gasteiger partial charge on any atom is 0.251 e. The molecule has 5 heteroatoms. The molecule has 1 heterocycles. The predicted molar refractivity (Wildman–Crippen MR) is 89.7 cm³/mol. The first-order valence-corrected chi connectivity index (χ1v) is 8.36. The Morgan fingerprint density at radius 2 is 1.91 bits per heavy atom. The van der Waals surface area contributed by atoms with Gasteiger partial charge < -0.3 is 10.4 Å². The van der Waals surface area contributed by atoms with Crippen molar-refractivity contribution in [2.75, 3.05) is 26.2 Å². The van der Waals surface area contributed by atoms with E-state index in [1.54, 1.807) is 24.3 Å². The highest BCUT2D eigenvalue weighted by Gasteiger charge is 2.22. The number of nitrogens with one attached hydrogen (secondary N) is 1. The Kier molecular flexibility index (Phi) is 6.74. The molecule has 0 radical (unpaired) electrons. The van der Waals surface area contributed by atoms with E-state index in [-0.39, 0.29) is 18.3 Å². The van der Waals surface area contributed by atoms with E-state index in [9.17, 15) is 14.7 Å². The van der Waals surface area contributed by atoms with Gasteiger partial charge in [-0.3, -0.25) is 14.5 Å². The molecular formula is C18H26N2O3. The van der Waals surface area contributed by atoms with Gasteiger partial charge in [-0.25, -0.2) is 0 Å². The highest BCUT2D eigenvalue weighted by Crippen LogP contribution is 2.16. The van der Waals surface area contributed by atoms with Crippen LogP contribution in [0.15, 0.2) is 24.3 Å². The number of rotatable bonds is 8. The molecule has 1 amide bonds. The Balaban J connectivity index is 1.65. The first kappa shape index (κ1) is 17.6. The van der Waals surface area contributed by atoms with Crippen molar-refractivity contribution in [2.24, 2.45) is 0 Å². The molecule has 2 rings (SSSR count). The van der Waals surface area contributed by atoms with E-state index in [4.69, 9.17) is 0 Å². The molecule has 5 nitrogen and oxygen atoms in total. The third-order valence-corrected chi connectivity index (χ3v) is 4.42. The summed E-state index contributed by atoms with van der Waals surface area (Å²) in [6.45, 7) is 4.45. The van der Waals surface area contributed by atoms with Gasteiger partial charge in [-0.2, -0.15) is 0 Å². The largest absolute Gasteiger partial charge is 0.395 e. The van der Waals surface area contributed by atoms with Crippen LogP contribution in [0.25, 0.3) is 0 Å². The van der Waals surface area contributed by atoms with Crippen molar-refractivity contribution in [1.82, 2.24) is 10.2 Å². The fourth-order valence-electron chi connectivity index (χ4n) is 3.00. The lowest BCUT2D eigenvalue weighted by Crippen LogP contribution is -2.33. The number of hydrogen-bond donors (Lipinski definition) is 2. The van der Waals surface area contributed by atoms with Crippen LogP contribution in [0.4, 0.5) is 0 Å². The summed E-state index contributed by atoms with van der Waals surface area (Å²) in [6, 6.07) is 7.05. The zero-order valence-electron chi connectivity index (χ0n) is 13.8. The summed E-state index contributed by atoms with van der Waals surface area (Å²) in [7, 11) is 0. The van der Waals surface area contributed by atoms with Crippen molar-refractivity contribution >= 4 is 11.7 Å². The van der Waals surface area contributed by atoms with Gasteiger partial charge in [0.05, 0.1) is 6.61 Å². The first-order chi connectivity index (χ1) is 11.1. The molecule has 1 saturated heterocycles. The number of carbonyl (C=O) groups is 2. The third kappa shape index (κ3) is 5.15. The molecule has 1 unspecified atom stereocenters. The average molecular weight is 318 g/mol. The number of unbranched alkanes of at least 4 members (excludes halogenated alkanes) is 1. The fourth-order valence-corrected chi connectivity index (χ4v) is 3.00. The van der Waals surface area contributed by atoms with Crippen molar-refractivity contribution in [3.05, 3.63) is 35.4 Å². The zero-order chi connectivity index (χ0) is 16.7. The number of ketones is 1. The maximum absolute atomic E-state index is 12.0. The summed E-state index contributed by atoms with van der Waals surface area (Å²) < 4.78 is 0. The van der Waals surface area contributed by atoms with Crippen LogP contribution in [0.5, 0.6) is 0 Å². The number of Topliss-reactive ketones (excluding diaryl/α,β-unsaturated/α-hetero) is 1. The summed E-state index contributed by atoms with van der Waals surface area (Å²) in [6.07, 6.45) is 4.19. The minimum absolute atomic E-state index is 0.0000503. The lowest BCUT2D eigenvalue weighted by Gasteiger charge is -2.22. The molecule has 2 N–H and O–H groups in total. The second kappa shape index (κ2) is 8.79. The monoisotopic (exact) mass is 318 g/mol. The summed E-state index contributed by atoms with van der Waals surface area (Å²) in [5.41, 5.74) is 1.19. The van der Waals surface area contributed by atoms with Gasteiger partial charge in [-0.05, 0) is 57.8 Å². The van der Waals surface area contributed by atoms with Crippen LogP contribution in [-0.2, 0) is 0 Å². The number of benzene rings is 1. The Bertz CT molecular complexity index is 528. The van der Waals surface area contributed by atoms with E-state index < -0.39 is 0 Å².